The van der Waals surface area contributed by atoms with Crippen LogP contribution in [0, 0.1) is 0 Å². The summed E-state index contributed by atoms with van der Waals surface area (Å²) >= 11 is -0.999. The van der Waals surface area contributed by atoms with Gasteiger partial charge in [-0.2, -0.15) is 0 Å². The molecule has 1 aromatic rings. The van der Waals surface area contributed by atoms with Crippen molar-refractivity contribution in [3.8, 4) is 0 Å². The molecule has 1 fully saturated rings. The Balaban J connectivity index is 2.32. The molecule has 0 saturated heterocycles. The normalized spacial score (nSPS) is 19.1. The van der Waals surface area contributed by atoms with Gasteiger partial charge in [0.1, 0.15) is 6.26 Å². The van der Waals surface area contributed by atoms with E-state index >= 15 is 0 Å². The number of ketones is 1. The second-order valence-corrected chi connectivity index (χ2v) is 7.45. The summed E-state index contributed by atoms with van der Waals surface area (Å²) in [6, 6.07) is 7.34. The van der Waals surface area contributed by atoms with Gasteiger partial charge in [0.2, 0.25) is 0 Å². The number of nitrogens with zero attached hydrogens (tertiary/aromatic N) is 1. The fourth-order valence-electron chi connectivity index (χ4n) is 3.72. The molecular weight excluding hydrogens is 294 g/mol. The average Bonchev–Trinajstić information content (AvgIpc) is 2.56. The predicted octanol–water partition coefficient (Wildman–Crippen LogP) is 3.65. The van der Waals surface area contributed by atoms with E-state index in [9.17, 15) is 9.35 Å². The van der Waals surface area contributed by atoms with Gasteiger partial charge in [-0.25, -0.2) is 0 Å². The molecule has 1 unspecified atom stereocenters. The van der Waals surface area contributed by atoms with E-state index in [0.29, 0.717) is 0 Å². The topological polar surface area (TPSA) is 43.4 Å². The van der Waals surface area contributed by atoms with Crippen LogP contribution >= 0.6 is 0 Å². The summed E-state index contributed by atoms with van der Waals surface area (Å²) in [4.78, 5) is 16.4. The van der Waals surface area contributed by atoms with Gasteiger partial charge in [0.05, 0.1) is 5.54 Å². The molecule has 0 heterocycles. The zero-order valence-electron chi connectivity index (χ0n) is 13.9. The molecule has 0 radical (unpaired) electrons. The number of Topliss-reactive ketones (excluding diaryl/α,β-unsaturated/α-hetero) is 1. The van der Waals surface area contributed by atoms with Crippen LogP contribution < -0.4 is 0 Å². The molecule has 0 spiro atoms. The molecule has 0 N–H and O–H groups in total. The number of hydrogen-bond donors (Lipinski definition) is 0. The molecular formula is C18H27NO2S. The highest BCUT2D eigenvalue weighted by Gasteiger charge is 2.43. The van der Waals surface area contributed by atoms with Crippen LogP contribution in [-0.2, 0) is 11.2 Å². The van der Waals surface area contributed by atoms with Gasteiger partial charge < -0.3 is 4.55 Å². The van der Waals surface area contributed by atoms with Gasteiger partial charge >= 0.3 is 0 Å². The zero-order chi connectivity index (χ0) is 16.2. The molecule has 0 aromatic heterocycles. The number of benzene rings is 1. The first kappa shape index (κ1) is 17.5. The fourth-order valence-corrected chi connectivity index (χ4v) is 4.24. The maximum atomic E-state index is 13.2. The van der Waals surface area contributed by atoms with Crippen molar-refractivity contribution in [3.05, 3.63) is 29.8 Å². The molecule has 2 rings (SSSR count). The van der Waals surface area contributed by atoms with Gasteiger partial charge in [0.25, 0.3) is 0 Å². The van der Waals surface area contributed by atoms with E-state index in [2.05, 4.69) is 18.7 Å². The number of carbonyl (C=O) groups is 1. The second kappa shape index (κ2) is 7.62. The fraction of sp³-hybridized carbons (Fsp3) is 0.611. The maximum Gasteiger partial charge on any atom is 0.183 e. The third-order valence-electron chi connectivity index (χ3n) is 4.92. The summed E-state index contributed by atoms with van der Waals surface area (Å²) < 4.78 is 11.5. The van der Waals surface area contributed by atoms with Crippen molar-refractivity contribution >= 4 is 17.0 Å². The lowest BCUT2D eigenvalue weighted by atomic mass is 9.75. The van der Waals surface area contributed by atoms with Crippen molar-refractivity contribution in [1.82, 2.24) is 4.90 Å². The molecule has 4 heteroatoms. The lowest BCUT2D eigenvalue weighted by Crippen LogP contribution is -2.55. The van der Waals surface area contributed by atoms with Crippen LogP contribution in [0.4, 0.5) is 0 Å². The Hall–Kier alpha value is -0.840. The number of likely N-dealkylation sites (N-methyl/N-ethyl adjacent to an activating group) is 1. The zero-order valence-corrected chi connectivity index (χ0v) is 14.7. The van der Waals surface area contributed by atoms with E-state index in [1.54, 1.807) is 6.26 Å². The summed E-state index contributed by atoms with van der Waals surface area (Å²) in [5, 5.41) is 0. The van der Waals surface area contributed by atoms with E-state index in [1.165, 1.54) is 6.42 Å². The highest BCUT2D eigenvalue weighted by atomic mass is 32.2. The Bertz CT molecular complexity index is 488. The summed E-state index contributed by atoms with van der Waals surface area (Å²) in [5.41, 5.74) is 0.414. The van der Waals surface area contributed by atoms with E-state index in [0.717, 1.165) is 49.2 Å². The summed E-state index contributed by atoms with van der Waals surface area (Å²) in [6.45, 7) is 6.07. The minimum absolute atomic E-state index is 0.240. The Labute approximate surface area is 137 Å². The Morgan fingerprint density at radius 3 is 2.14 bits per heavy atom. The SMILES string of the molecule is CCN(CC)C1(C(=O)c2ccc([S+](C)[O-])cc2)CCCCC1. The van der Waals surface area contributed by atoms with Gasteiger partial charge in [-0.1, -0.05) is 33.1 Å². The molecule has 0 amide bonds. The van der Waals surface area contributed by atoms with Crippen molar-refractivity contribution in [2.75, 3.05) is 19.3 Å². The largest absolute Gasteiger partial charge is 0.612 e. The van der Waals surface area contributed by atoms with Gasteiger partial charge in [-0.05, 0) is 61.4 Å². The lowest BCUT2D eigenvalue weighted by molar-refractivity contribution is 0.0418. The first-order valence-electron chi connectivity index (χ1n) is 8.28. The van der Waals surface area contributed by atoms with Crippen LogP contribution in [-0.4, -0.2) is 40.1 Å². The molecule has 1 aromatic carbocycles. The standard InChI is InChI=1S/C18H27NO2S/c1-4-19(5-2)18(13-7-6-8-14-18)17(20)15-9-11-16(12-10-15)22(3)21/h9-12H,4-8,13-14H2,1-3H3. The Kier molecular flexibility index (Phi) is 6.07. The molecule has 3 nitrogen and oxygen atoms in total. The van der Waals surface area contributed by atoms with Crippen molar-refractivity contribution in [2.45, 2.75) is 56.4 Å². The van der Waals surface area contributed by atoms with Crippen molar-refractivity contribution < 1.29 is 9.35 Å². The first-order chi connectivity index (χ1) is 10.5. The van der Waals surface area contributed by atoms with Crippen LogP contribution in [0.15, 0.2) is 29.2 Å². The van der Waals surface area contributed by atoms with Crippen LogP contribution in [0.25, 0.3) is 0 Å². The third-order valence-corrected chi connectivity index (χ3v) is 5.86. The number of hydrogen-bond acceptors (Lipinski definition) is 3. The molecule has 1 aliphatic carbocycles. The highest BCUT2D eigenvalue weighted by Crippen LogP contribution is 2.36. The summed E-state index contributed by atoms with van der Waals surface area (Å²) in [5.74, 6) is 0.240. The average molecular weight is 321 g/mol. The smallest absolute Gasteiger partial charge is 0.183 e. The maximum absolute atomic E-state index is 13.2. The van der Waals surface area contributed by atoms with Crippen molar-refractivity contribution in [3.63, 3.8) is 0 Å². The number of rotatable bonds is 6. The van der Waals surface area contributed by atoms with Crippen LogP contribution in [0.3, 0.4) is 0 Å². The predicted molar refractivity (Wildman–Crippen MR) is 91.8 cm³/mol. The molecule has 1 aliphatic rings. The van der Waals surface area contributed by atoms with Crippen LogP contribution in [0.2, 0.25) is 0 Å². The molecule has 22 heavy (non-hydrogen) atoms. The summed E-state index contributed by atoms with van der Waals surface area (Å²) in [7, 11) is 0. The van der Waals surface area contributed by atoms with E-state index in [4.69, 9.17) is 0 Å². The van der Waals surface area contributed by atoms with Gasteiger partial charge in [-0.15, -0.1) is 0 Å². The van der Waals surface area contributed by atoms with Crippen molar-refractivity contribution in [1.29, 1.82) is 0 Å². The Morgan fingerprint density at radius 1 is 1.14 bits per heavy atom. The van der Waals surface area contributed by atoms with Gasteiger partial charge in [0.15, 0.2) is 10.7 Å². The van der Waals surface area contributed by atoms with Crippen LogP contribution in [0.5, 0.6) is 0 Å². The minimum atomic E-state index is -0.999. The molecule has 1 atom stereocenters. The van der Waals surface area contributed by atoms with Crippen LogP contribution in [0.1, 0.15) is 56.3 Å². The first-order valence-corrected chi connectivity index (χ1v) is 9.84. The summed E-state index contributed by atoms with van der Waals surface area (Å²) in [6.07, 6.45) is 7.04. The molecule has 1 saturated carbocycles. The monoisotopic (exact) mass is 321 g/mol. The third kappa shape index (κ3) is 3.39. The lowest BCUT2D eigenvalue weighted by Gasteiger charge is -2.44. The molecule has 0 bridgehead atoms. The minimum Gasteiger partial charge on any atom is -0.612 e. The van der Waals surface area contributed by atoms with E-state index < -0.39 is 11.2 Å². The second-order valence-electron chi connectivity index (χ2n) is 6.07. The quantitative estimate of drug-likeness (QED) is 0.593. The number of carbonyl (C=O) groups excluding carboxylic acids is 1. The highest BCUT2D eigenvalue weighted by molar-refractivity contribution is 7.90. The van der Waals surface area contributed by atoms with E-state index in [1.807, 2.05) is 24.3 Å². The van der Waals surface area contributed by atoms with Gasteiger partial charge in [0, 0.05) is 5.56 Å². The molecule has 122 valence electrons. The van der Waals surface area contributed by atoms with E-state index in [-0.39, 0.29) is 11.3 Å². The van der Waals surface area contributed by atoms with Crippen molar-refractivity contribution in [2.24, 2.45) is 0 Å². The molecule has 0 aliphatic heterocycles. The Morgan fingerprint density at radius 2 is 1.68 bits per heavy atom. The van der Waals surface area contributed by atoms with Gasteiger partial charge in [-0.3, -0.25) is 9.69 Å².